The van der Waals surface area contributed by atoms with Crippen LogP contribution in [-0.4, -0.2) is 48.0 Å². The van der Waals surface area contributed by atoms with E-state index in [9.17, 15) is 14.4 Å². The number of carbonyl (C=O) groups excluding carboxylic acids is 4. The van der Waals surface area contributed by atoms with E-state index in [1.165, 1.54) is 51.9 Å². The molecule has 0 aliphatic carbocycles. The van der Waals surface area contributed by atoms with Gasteiger partial charge in [0.2, 0.25) is 18.2 Å². The van der Waals surface area contributed by atoms with E-state index in [1.807, 2.05) is 0 Å². The summed E-state index contributed by atoms with van der Waals surface area (Å²) in [4.78, 5) is 45.8. The van der Waals surface area contributed by atoms with Gasteiger partial charge in [0.25, 0.3) is 0 Å². The van der Waals surface area contributed by atoms with Gasteiger partial charge in [-0.1, -0.05) is 58.3 Å². The quantitative estimate of drug-likeness (QED) is 0.368. The number of nitrogens with two attached hydrogens (primary N) is 1. The van der Waals surface area contributed by atoms with Crippen LogP contribution in [0.1, 0.15) is 90.9 Å². The van der Waals surface area contributed by atoms with Gasteiger partial charge in [0.05, 0.1) is 6.54 Å². The lowest BCUT2D eigenvalue weighted by Crippen LogP contribution is -2.46. The minimum Gasteiger partial charge on any atom is -0.372 e. The van der Waals surface area contributed by atoms with Crippen LogP contribution in [0.15, 0.2) is 0 Å². The number of unbranched alkanes of at least 4 members (excludes halogenated alkanes) is 8. The second-order valence-corrected chi connectivity index (χ2v) is 7.38. The topological polar surface area (TPSA) is 110 Å². The van der Waals surface area contributed by atoms with Crippen LogP contribution < -0.4 is 11.1 Å². The molecule has 1 unspecified atom stereocenters. The smallest absolute Gasteiger partial charge is 0.243 e. The van der Waals surface area contributed by atoms with Gasteiger partial charge in [-0.3, -0.25) is 19.2 Å². The number of hydrogen-bond donors (Lipinski definition) is 2. The van der Waals surface area contributed by atoms with E-state index in [-0.39, 0.29) is 36.6 Å². The van der Waals surface area contributed by atoms with Gasteiger partial charge in [0.15, 0.2) is 0 Å². The Bertz CT molecular complexity index is 469. The molecule has 1 saturated heterocycles. The maximum Gasteiger partial charge on any atom is 0.243 e. The van der Waals surface area contributed by atoms with Crippen molar-refractivity contribution in [3.63, 3.8) is 0 Å². The van der Waals surface area contributed by atoms with Crippen molar-refractivity contribution >= 4 is 24.0 Å². The molecule has 7 nitrogen and oxygen atoms in total. The summed E-state index contributed by atoms with van der Waals surface area (Å²) in [6.45, 7) is 4.39. The van der Waals surface area contributed by atoms with Crippen molar-refractivity contribution in [2.45, 2.75) is 96.9 Å². The van der Waals surface area contributed by atoms with E-state index < -0.39 is 0 Å². The Morgan fingerprint density at radius 2 is 1.57 bits per heavy atom. The zero-order valence-corrected chi connectivity index (χ0v) is 17.7. The molecule has 1 aliphatic rings. The highest BCUT2D eigenvalue weighted by Crippen LogP contribution is 2.20. The first-order valence-electron chi connectivity index (χ1n) is 10.7. The molecule has 7 heteroatoms. The average molecular weight is 398 g/mol. The van der Waals surface area contributed by atoms with Crippen LogP contribution in [0.25, 0.3) is 0 Å². The predicted molar refractivity (Wildman–Crippen MR) is 111 cm³/mol. The lowest BCUT2D eigenvalue weighted by Gasteiger charge is -2.23. The monoisotopic (exact) mass is 397 g/mol. The van der Waals surface area contributed by atoms with Crippen molar-refractivity contribution < 1.29 is 19.2 Å². The van der Waals surface area contributed by atoms with Crippen LogP contribution in [0.2, 0.25) is 0 Å². The number of nitrogens with one attached hydrogen (secondary N) is 1. The Kier molecular flexibility index (Phi) is 16.0. The number of ketones is 1. The molecule has 1 fully saturated rings. The Labute approximate surface area is 169 Å². The van der Waals surface area contributed by atoms with E-state index in [0.717, 1.165) is 19.3 Å². The van der Waals surface area contributed by atoms with Crippen LogP contribution in [0.5, 0.6) is 0 Å². The van der Waals surface area contributed by atoms with Gasteiger partial charge >= 0.3 is 0 Å². The van der Waals surface area contributed by atoms with E-state index in [0.29, 0.717) is 19.4 Å². The molecule has 162 valence electrons. The summed E-state index contributed by atoms with van der Waals surface area (Å²) in [7, 11) is 0. The van der Waals surface area contributed by atoms with Crippen LogP contribution in [0.4, 0.5) is 0 Å². The van der Waals surface area contributed by atoms with Crippen LogP contribution in [-0.2, 0) is 19.2 Å². The Morgan fingerprint density at radius 1 is 1.04 bits per heavy atom. The molecule has 1 rings (SSSR count). The van der Waals surface area contributed by atoms with Crippen molar-refractivity contribution in [1.29, 1.82) is 0 Å². The molecule has 0 bridgehead atoms. The van der Waals surface area contributed by atoms with Gasteiger partial charge in [-0.05, 0) is 26.2 Å². The summed E-state index contributed by atoms with van der Waals surface area (Å²) in [5, 5.41) is 2.63. The summed E-state index contributed by atoms with van der Waals surface area (Å²) >= 11 is 0. The van der Waals surface area contributed by atoms with Gasteiger partial charge < -0.3 is 16.0 Å². The van der Waals surface area contributed by atoms with E-state index in [4.69, 9.17) is 4.79 Å². The van der Waals surface area contributed by atoms with Crippen molar-refractivity contribution in [3.05, 3.63) is 0 Å². The summed E-state index contributed by atoms with van der Waals surface area (Å²) in [5.41, 5.74) is 4.17. The molecule has 1 aliphatic heterocycles. The Balaban J connectivity index is 0.00000227. The molecule has 0 aromatic carbocycles. The summed E-state index contributed by atoms with van der Waals surface area (Å²) in [5.74, 6) is -0.171. The highest BCUT2D eigenvalue weighted by Gasteiger charge is 2.33. The standard InChI is InChI=1S/C20H36N2O3.CH3NO/c1-3-4-5-6-7-8-9-10-11-14-19(24)22-15-12-13-18(22)20(25)21-16-17(2)23;2-1-3/h18H,3-16H2,1-2H3,(H,21,25);1H,(H2,2,3). The average Bonchev–Trinajstić information content (AvgIpc) is 3.15. The van der Waals surface area contributed by atoms with Gasteiger partial charge in [-0.25, -0.2) is 0 Å². The van der Waals surface area contributed by atoms with Crippen LogP contribution in [0.3, 0.4) is 0 Å². The van der Waals surface area contributed by atoms with Gasteiger partial charge in [0, 0.05) is 13.0 Å². The van der Waals surface area contributed by atoms with Crippen LogP contribution in [0, 0.1) is 0 Å². The van der Waals surface area contributed by atoms with Gasteiger partial charge in [-0.15, -0.1) is 0 Å². The number of hydrogen-bond acceptors (Lipinski definition) is 4. The van der Waals surface area contributed by atoms with Crippen molar-refractivity contribution in [2.75, 3.05) is 13.1 Å². The highest BCUT2D eigenvalue weighted by atomic mass is 16.2. The molecular weight excluding hydrogens is 358 g/mol. The number of rotatable bonds is 13. The van der Waals surface area contributed by atoms with Gasteiger partial charge in [0.1, 0.15) is 11.8 Å². The van der Waals surface area contributed by atoms with Crippen molar-refractivity contribution in [3.8, 4) is 0 Å². The molecule has 0 radical (unpaired) electrons. The van der Waals surface area contributed by atoms with Crippen LogP contribution >= 0.6 is 0 Å². The largest absolute Gasteiger partial charge is 0.372 e. The number of primary amides is 1. The minimum atomic E-state index is -0.384. The molecule has 0 saturated carbocycles. The third kappa shape index (κ3) is 12.5. The second kappa shape index (κ2) is 17.2. The second-order valence-electron chi connectivity index (χ2n) is 7.38. The van der Waals surface area contributed by atoms with E-state index in [1.54, 1.807) is 4.90 Å². The predicted octanol–water partition coefficient (Wildman–Crippen LogP) is 2.71. The molecule has 1 atom stereocenters. The molecule has 3 N–H and O–H groups in total. The Morgan fingerprint density at radius 3 is 2.11 bits per heavy atom. The highest BCUT2D eigenvalue weighted by molar-refractivity contribution is 5.90. The summed E-state index contributed by atoms with van der Waals surface area (Å²) in [6.07, 6.45) is 13.4. The molecule has 28 heavy (non-hydrogen) atoms. The third-order valence-corrected chi connectivity index (χ3v) is 4.88. The number of Topliss-reactive ketones (excluding diaryl/α,β-unsaturated/α-hetero) is 1. The third-order valence-electron chi connectivity index (χ3n) is 4.88. The molecule has 0 aromatic rings. The fourth-order valence-electron chi connectivity index (χ4n) is 3.40. The van der Waals surface area contributed by atoms with Gasteiger partial charge in [-0.2, -0.15) is 0 Å². The molecule has 0 aromatic heterocycles. The maximum atomic E-state index is 12.4. The number of nitrogens with zero attached hydrogens (tertiary/aromatic N) is 1. The zero-order valence-electron chi connectivity index (χ0n) is 17.7. The zero-order chi connectivity index (χ0) is 21.2. The minimum absolute atomic E-state index is 0.0512. The molecule has 1 heterocycles. The van der Waals surface area contributed by atoms with Crippen molar-refractivity contribution in [2.24, 2.45) is 5.73 Å². The lowest BCUT2D eigenvalue weighted by atomic mass is 10.1. The number of carbonyl (C=O) groups is 4. The first kappa shape index (κ1) is 26.1. The Hall–Kier alpha value is -1.92. The SMILES string of the molecule is CCCCCCCCCCCC(=O)N1CCCC1C(=O)NCC(C)=O.NC=O. The maximum absolute atomic E-state index is 12.4. The molecule has 3 amide bonds. The van der Waals surface area contributed by atoms with E-state index in [2.05, 4.69) is 18.0 Å². The number of amides is 3. The number of likely N-dealkylation sites (tertiary alicyclic amines) is 1. The molecular formula is C21H39N3O4. The van der Waals surface area contributed by atoms with E-state index >= 15 is 0 Å². The lowest BCUT2D eigenvalue weighted by molar-refractivity contribution is -0.138. The van der Waals surface area contributed by atoms with Crippen molar-refractivity contribution in [1.82, 2.24) is 10.2 Å². The normalized spacial score (nSPS) is 15.5. The fraction of sp³-hybridized carbons (Fsp3) is 0.810. The first-order valence-corrected chi connectivity index (χ1v) is 10.7. The summed E-state index contributed by atoms with van der Waals surface area (Å²) < 4.78 is 0. The fourth-order valence-corrected chi connectivity index (χ4v) is 3.40. The first-order chi connectivity index (χ1) is 13.5. The molecule has 0 spiro atoms. The summed E-state index contributed by atoms with van der Waals surface area (Å²) in [6, 6.07) is -0.384.